The van der Waals surface area contributed by atoms with Crippen molar-refractivity contribution in [2.24, 2.45) is 0 Å². The van der Waals surface area contributed by atoms with Crippen LogP contribution in [-0.4, -0.2) is 65.3 Å². The van der Waals surface area contributed by atoms with Gasteiger partial charge in [0.1, 0.15) is 0 Å². The van der Waals surface area contributed by atoms with E-state index in [0.29, 0.717) is 34.4 Å². The number of phenolic OH excluding ortho intramolecular Hbond substituents is 4. The second-order valence-electron chi connectivity index (χ2n) is 13.5. The van der Waals surface area contributed by atoms with Crippen LogP contribution in [0.4, 0.5) is 0 Å². The van der Waals surface area contributed by atoms with Crippen molar-refractivity contribution in [1.29, 1.82) is 0 Å². The summed E-state index contributed by atoms with van der Waals surface area (Å²) < 4.78 is 11.8. The van der Waals surface area contributed by atoms with Crippen LogP contribution >= 0.6 is 0 Å². The van der Waals surface area contributed by atoms with Crippen LogP contribution in [0.1, 0.15) is 45.6 Å². The van der Waals surface area contributed by atoms with Crippen LogP contribution in [0, 0.1) is 0 Å². The highest BCUT2D eigenvalue weighted by atomic mass is 16.6. The molecule has 2 atom stereocenters. The number of hydrogen-bond donors (Lipinski definition) is 6. The molecular formula is C48H38O12. The monoisotopic (exact) mass is 806 g/mol. The highest BCUT2D eigenvalue weighted by Crippen LogP contribution is 2.37. The highest BCUT2D eigenvalue weighted by molar-refractivity contribution is 6.27. The molecule has 6 N–H and O–H groups in total. The van der Waals surface area contributed by atoms with E-state index in [1.807, 2.05) is 0 Å². The molecule has 0 heterocycles. The lowest BCUT2D eigenvalue weighted by Crippen LogP contribution is -2.71. The molecule has 0 spiro atoms. The molecule has 6 aromatic carbocycles. The lowest BCUT2D eigenvalue weighted by atomic mass is 9.75. The second-order valence-corrected chi connectivity index (χ2v) is 13.5. The number of carbonyl (C=O) groups is 4. The van der Waals surface area contributed by atoms with Crippen LogP contribution in [0.25, 0.3) is 12.2 Å². The van der Waals surface area contributed by atoms with E-state index in [0.717, 1.165) is 36.4 Å². The zero-order chi connectivity index (χ0) is 42.9. The van der Waals surface area contributed by atoms with Crippen molar-refractivity contribution in [3.05, 3.63) is 203 Å². The minimum Gasteiger partial charge on any atom is -0.504 e. The number of rotatable bonds is 15. The first-order valence-corrected chi connectivity index (χ1v) is 18.4. The maximum atomic E-state index is 14.8. The molecule has 12 nitrogen and oxygen atoms in total. The predicted molar refractivity (Wildman–Crippen MR) is 219 cm³/mol. The molecule has 0 aromatic heterocycles. The van der Waals surface area contributed by atoms with Crippen molar-refractivity contribution in [2.45, 2.75) is 23.4 Å². The Morgan fingerprint density at radius 2 is 0.700 bits per heavy atom. The van der Waals surface area contributed by atoms with Gasteiger partial charge in [0, 0.05) is 0 Å². The van der Waals surface area contributed by atoms with Crippen LogP contribution in [-0.2, 0) is 28.7 Å². The zero-order valence-electron chi connectivity index (χ0n) is 31.6. The molecule has 0 bridgehead atoms. The Labute approximate surface area is 343 Å². The average molecular weight is 807 g/mol. The van der Waals surface area contributed by atoms with Gasteiger partial charge < -0.3 is 40.1 Å². The third kappa shape index (κ3) is 8.85. The normalized spacial score (nSPS) is 13.5. The van der Waals surface area contributed by atoms with E-state index in [-0.39, 0.29) is 11.1 Å². The molecule has 0 aliphatic rings. The number of phenols is 4. The Hall–Kier alpha value is -7.80. The number of aromatic hydroxyl groups is 4. The fourth-order valence-corrected chi connectivity index (χ4v) is 6.28. The van der Waals surface area contributed by atoms with Gasteiger partial charge in [-0.05, 0) is 69.8 Å². The molecule has 12 heteroatoms. The summed E-state index contributed by atoms with van der Waals surface area (Å²) in [6, 6.07) is 39.5. The summed E-state index contributed by atoms with van der Waals surface area (Å²) in [5, 5.41) is 65.3. The molecule has 0 amide bonds. The summed E-state index contributed by atoms with van der Waals surface area (Å²) in [6.07, 6.45) is 0.425. The number of aliphatic hydroxyl groups is 2. The van der Waals surface area contributed by atoms with Crippen LogP contribution in [0.2, 0.25) is 0 Å². The summed E-state index contributed by atoms with van der Waals surface area (Å²) in [4.78, 5) is 58.8. The maximum absolute atomic E-state index is 14.8. The van der Waals surface area contributed by atoms with Gasteiger partial charge in [-0.3, -0.25) is 9.59 Å². The maximum Gasteiger partial charge on any atom is 0.351 e. The fourth-order valence-electron chi connectivity index (χ4n) is 6.28. The second kappa shape index (κ2) is 18.2. The number of hydrogen-bond acceptors (Lipinski definition) is 12. The van der Waals surface area contributed by atoms with Crippen molar-refractivity contribution < 1.29 is 59.3 Å². The summed E-state index contributed by atoms with van der Waals surface area (Å²) in [7, 11) is 0. The van der Waals surface area contributed by atoms with Crippen LogP contribution in [0.3, 0.4) is 0 Å². The Kier molecular flexibility index (Phi) is 12.7. The van der Waals surface area contributed by atoms with Crippen LogP contribution < -0.4 is 0 Å². The van der Waals surface area contributed by atoms with E-state index in [1.165, 1.54) is 12.1 Å². The van der Waals surface area contributed by atoms with Crippen molar-refractivity contribution in [3.8, 4) is 23.0 Å². The van der Waals surface area contributed by atoms with Gasteiger partial charge >= 0.3 is 11.9 Å². The summed E-state index contributed by atoms with van der Waals surface area (Å²) >= 11 is 0. The van der Waals surface area contributed by atoms with Gasteiger partial charge in [-0.25, -0.2) is 9.59 Å². The van der Waals surface area contributed by atoms with Crippen LogP contribution in [0.5, 0.6) is 23.0 Å². The predicted octanol–water partition coefficient (Wildman–Crippen LogP) is 6.50. The van der Waals surface area contributed by atoms with Crippen molar-refractivity contribution in [1.82, 2.24) is 0 Å². The van der Waals surface area contributed by atoms with Crippen molar-refractivity contribution in [2.75, 3.05) is 0 Å². The molecule has 302 valence electrons. The molecule has 0 radical (unpaired) electrons. The summed E-state index contributed by atoms with van der Waals surface area (Å²) in [5.41, 5.74) is -6.73. The molecule has 0 unspecified atom stereocenters. The largest absolute Gasteiger partial charge is 0.504 e. The standard InChI is InChI=1S/C48H38O12/c49-37-25-21-31(29-39(37)51)23-27-41(53)47(57,45(55)59-43(33-13-5-1-6-14-33)34-15-7-2-8-16-34)48(58,42(54)28-24-32-22-26-38(50)40(52)30-32)46(56)60-44(35-17-9-3-10-18-35)36-19-11-4-12-20-36/h1-30,43-44,49-52,57-58H/t47-,48-/m1/s1. The molecule has 0 saturated heterocycles. The van der Waals surface area contributed by atoms with Gasteiger partial charge in [-0.2, -0.15) is 0 Å². The number of ketones is 2. The van der Waals surface area contributed by atoms with E-state index in [9.17, 15) is 49.8 Å². The van der Waals surface area contributed by atoms with E-state index < -0.39 is 69.9 Å². The lowest BCUT2D eigenvalue weighted by Gasteiger charge is -2.37. The van der Waals surface area contributed by atoms with Crippen molar-refractivity contribution >= 4 is 35.7 Å². The first kappa shape index (κ1) is 41.8. The topological polar surface area (TPSA) is 208 Å². The molecule has 0 aliphatic carbocycles. The molecule has 6 rings (SSSR count). The van der Waals surface area contributed by atoms with E-state index in [4.69, 9.17) is 9.47 Å². The first-order chi connectivity index (χ1) is 28.8. The highest BCUT2D eigenvalue weighted by Gasteiger charge is 2.70. The van der Waals surface area contributed by atoms with Gasteiger partial charge in [0.2, 0.25) is 11.6 Å². The Bertz CT molecular complexity index is 2280. The lowest BCUT2D eigenvalue weighted by molar-refractivity contribution is -0.213. The van der Waals surface area contributed by atoms with E-state index in [2.05, 4.69) is 0 Å². The SMILES string of the molecule is O=C(C=Cc1ccc(O)c(O)c1)[C@@](O)(C(=O)OC(c1ccccc1)c1ccccc1)[C@@](O)(C(=O)C=Cc1ccc(O)c(O)c1)C(=O)OC(c1ccccc1)c1ccccc1. The third-order valence-corrected chi connectivity index (χ3v) is 9.54. The van der Waals surface area contributed by atoms with Gasteiger partial charge in [-0.15, -0.1) is 0 Å². The van der Waals surface area contributed by atoms with E-state index >= 15 is 0 Å². The third-order valence-electron chi connectivity index (χ3n) is 9.54. The number of benzene rings is 6. The van der Waals surface area contributed by atoms with Crippen molar-refractivity contribution in [3.63, 3.8) is 0 Å². The molecule has 0 aliphatic heterocycles. The van der Waals surface area contributed by atoms with Crippen LogP contribution in [0.15, 0.2) is 170 Å². The summed E-state index contributed by atoms with van der Waals surface area (Å²) in [6.45, 7) is 0. The Morgan fingerprint density at radius 1 is 0.417 bits per heavy atom. The molecule has 60 heavy (non-hydrogen) atoms. The zero-order valence-corrected chi connectivity index (χ0v) is 31.6. The molecule has 0 saturated carbocycles. The van der Waals surface area contributed by atoms with Gasteiger partial charge in [0.15, 0.2) is 35.2 Å². The Morgan fingerprint density at radius 3 is 0.967 bits per heavy atom. The van der Waals surface area contributed by atoms with Gasteiger partial charge in [0.25, 0.3) is 11.2 Å². The quantitative estimate of drug-likeness (QED) is 0.0285. The number of ether oxygens (including phenoxy) is 2. The fraction of sp³-hybridized carbons (Fsp3) is 0.0833. The first-order valence-electron chi connectivity index (χ1n) is 18.4. The average Bonchev–Trinajstić information content (AvgIpc) is 3.28. The Balaban J connectivity index is 1.55. The van der Waals surface area contributed by atoms with Gasteiger partial charge in [0.05, 0.1) is 0 Å². The minimum absolute atomic E-state index is 0.0542. The molecular weight excluding hydrogens is 769 g/mol. The number of esters is 2. The molecule has 6 aromatic rings. The number of carbonyl (C=O) groups excluding carboxylic acids is 4. The summed E-state index contributed by atoms with van der Waals surface area (Å²) in [5.74, 6) is -9.45. The smallest absolute Gasteiger partial charge is 0.351 e. The van der Waals surface area contributed by atoms with E-state index in [1.54, 1.807) is 121 Å². The van der Waals surface area contributed by atoms with Gasteiger partial charge in [-0.1, -0.05) is 146 Å². The molecule has 0 fully saturated rings. The minimum atomic E-state index is -4.11.